The van der Waals surface area contributed by atoms with Crippen molar-refractivity contribution in [1.82, 2.24) is 10.6 Å². The molecule has 0 spiro atoms. The van der Waals surface area contributed by atoms with Crippen molar-refractivity contribution in [3.05, 3.63) is 0 Å². The third-order valence-corrected chi connectivity index (χ3v) is 3.52. The Bertz CT molecular complexity index is 261. The molecule has 0 aromatic heterocycles. The minimum atomic E-state index is -0.0868. The Hall–Kier alpha value is -0.570. The fraction of sp³-hybridized carbons (Fsp3) is 0.929. The van der Waals surface area contributed by atoms with E-state index in [2.05, 4.69) is 24.5 Å². The standard InChI is InChI=1S/C14H28N2O/c1-10(2)15-13(17)11(3)16-12-7-6-8-14(4,5)9-12/h10-12,16H,6-9H2,1-5H3,(H,15,17). The molecule has 0 radical (unpaired) electrons. The summed E-state index contributed by atoms with van der Waals surface area (Å²) < 4.78 is 0. The maximum Gasteiger partial charge on any atom is 0.237 e. The third-order valence-electron chi connectivity index (χ3n) is 3.52. The first-order valence-corrected chi connectivity index (χ1v) is 6.86. The largest absolute Gasteiger partial charge is 0.353 e. The van der Waals surface area contributed by atoms with Crippen LogP contribution in [0.4, 0.5) is 0 Å². The van der Waals surface area contributed by atoms with Gasteiger partial charge < -0.3 is 10.6 Å². The van der Waals surface area contributed by atoms with E-state index in [9.17, 15) is 4.79 Å². The minimum Gasteiger partial charge on any atom is -0.353 e. The van der Waals surface area contributed by atoms with Gasteiger partial charge in [0, 0.05) is 12.1 Å². The van der Waals surface area contributed by atoms with Crippen molar-refractivity contribution < 1.29 is 4.79 Å². The molecule has 1 aliphatic carbocycles. The number of hydrogen-bond acceptors (Lipinski definition) is 2. The molecule has 0 bridgehead atoms. The van der Waals surface area contributed by atoms with E-state index in [1.54, 1.807) is 0 Å². The molecular weight excluding hydrogens is 212 g/mol. The second kappa shape index (κ2) is 5.85. The quantitative estimate of drug-likeness (QED) is 0.792. The Morgan fingerprint density at radius 2 is 1.94 bits per heavy atom. The van der Waals surface area contributed by atoms with Crippen molar-refractivity contribution in [3.8, 4) is 0 Å². The topological polar surface area (TPSA) is 41.1 Å². The van der Waals surface area contributed by atoms with Crippen LogP contribution in [-0.4, -0.2) is 24.0 Å². The normalized spacial score (nSPS) is 25.6. The first-order valence-electron chi connectivity index (χ1n) is 6.86. The maximum atomic E-state index is 11.8. The maximum absolute atomic E-state index is 11.8. The monoisotopic (exact) mass is 240 g/mol. The summed E-state index contributed by atoms with van der Waals surface area (Å²) in [5.74, 6) is 0.114. The van der Waals surface area contributed by atoms with E-state index in [0.717, 1.165) is 0 Å². The van der Waals surface area contributed by atoms with Gasteiger partial charge in [-0.25, -0.2) is 0 Å². The Morgan fingerprint density at radius 3 is 2.47 bits per heavy atom. The summed E-state index contributed by atoms with van der Waals surface area (Å²) in [5.41, 5.74) is 0.421. The van der Waals surface area contributed by atoms with Crippen LogP contribution in [0.15, 0.2) is 0 Å². The lowest BCUT2D eigenvalue weighted by Gasteiger charge is -2.36. The molecular formula is C14H28N2O. The summed E-state index contributed by atoms with van der Waals surface area (Å²) in [4.78, 5) is 11.8. The lowest BCUT2D eigenvalue weighted by atomic mass is 9.75. The van der Waals surface area contributed by atoms with Crippen LogP contribution in [0.2, 0.25) is 0 Å². The van der Waals surface area contributed by atoms with Gasteiger partial charge in [0.1, 0.15) is 0 Å². The van der Waals surface area contributed by atoms with Crippen LogP contribution >= 0.6 is 0 Å². The summed E-state index contributed by atoms with van der Waals surface area (Å²) in [7, 11) is 0. The fourth-order valence-corrected chi connectivity index (χ4v) is 2.68. The fourth-order valence-electron chi connectivity index (χ4n) is 2.68. The molecule has 100 valence electrons. The average molecular weight is 240 g/mol. The molecule has 2 N–H and O–H groups in total. The predicted molar refractivity (Wildman–Crippen MR) is 71.9 cm³/mol. The van der Waals surface area contributed by atoms with Crippen LogP contribution in [0.25, 0.3) is 0 Å². The molecule has 0 aromatic rings. The van der Waals surface area contributed by atoms with Crippen LogP contribution in [0, 0.1) is 5.41 Å². The molecule has 0 heterocycles. The molecule has 3 nitrogen and oxygen atoms in total. The lowest BCUT2D eigenvalue weighted by Crippen LogP contribution is -2.50. The number of rotatable bonds is 4. The molecule has 3 heteroatoms. The van der Waals surface area contributed by atoms with Crippen LogP contribution in [0.5, 0.6) is 0 Å². The van der Waals surface area contributed by atoms with Gasteiger partial charge in [-0.1, -0.05) is 20.3 Å². The van der Waals surface area contributed by atoms with Crippen molar-refractivity contribution in [2.24, 2.45) is 5.41 Å². The van der Waals surface area contributed by atoms with Gasteiger partial charge in [0.15, 0.2) is 0 Å². The highest BCUT2D eigenvalue weighted by atomic mass is 16.2. The van der Waals surface area contributed by atoms with Gasteiger partial charge >= 0.3 is 0 Å². The van der Waals surface area contributed by atoms with Gasteiger partial charge in [-0.2, -0.15) is 0 Å². The summed E-state index contributed by atoms with van der Waals surface area (Å²) in [6.07, 6.45) is 4.94. The number of carbonyl (C=O) groups excluding carboxylic acids is 1. The van der Waals surface area contributed by atoms with Crippen molar-refractivity contribution in [1.29, 1.82) is 0 Å². The lowest BCUT2D eigenvalue weighted by molar-refractivity contribution is -0.123. The van der Waals surface area contributed by atoms with E-state index >= 15 is 0 Å². The predicted octanol–water partition coefficient (Wildman–Crippen LogP) is 2.46. The van der Waals surface area contributed by atoms with E-state index in [4.69, 9.17) is 0 Å². The van der Waals surface area contributed by atoms with Gasteiger partial charge in [-0.05, 0) is 45.4 Å². The van der Waals surface area contributed by atoms with Crippen LogP contribution < -0.4 is 10.6 Å². The van der Waals surface area contributed by atoms with Gasteiger partial charge in [0.25, 0.3) is 0 Å². The molecule has 1 saturated carbocycles. The highest BCUT2D eigenvalue weighted by Gasteiger charge is 2.29. The van der Waals surface area contributed by atoms with Crippen molar-refractivity contribution in [2.75, 3.05) is 0 Å². The minimum absolute atomic E-state index is 0.0868. The third kappa shape index (κ3) is 5.07. The molecule has 1 amide bonds. The molecule has 0 aromatic carbocycles. The molecule has 2 atom stereocenters. The van der Waals surface area contributed by atoms with E-state index in [-0.39, 0.29) is 18.0 Å². The number of hydrogen-bond donors (Lipinski definition) is 2. The Balaban J connectivity index is 2.40. The molecule has 0 saturated heterocycles. The molecule has 1 aliphatic rings. The zero-order valence-electron chi connectivity index (χ0n) is 12.0. The smallest absolute Gasteiger partial charge is 0.237 e. The average Bonchev–Trinajstić information content (AvgIpc) is 2.14. The summed E-state index contributed by atoms with van der Waals surface area (Å²) in [6, 6.07) is 0.623. The zero-order valence-corrected chi connectivity index (χ0v) is 12.0. The summed E-state index contributed by atoms with van der Waals surface area (Å²) >= 11 is 0. The second-order valence-corrected chi connectivity index (χ2v) is 6.51. The Kier molecular flexibility index (Phi) is 4.99. The number of amides is 1. The molecule has 1 fully saturated rings. The van der Waals surface area contributed by atoms with E-state index in [1.165, 1.54) is 25.7 Å². The first kappa shape index (κ1) is 14.5. The van der Waals surface area contributed by atoms with Gasteiger partial charge in [-0.3, -0.25) is 4.79 Å². The Labute approximate surface area is 106 Å². The van der Waals surface area contributed by atoms with E-state index in [0.29, 0.717) is 11.5 Å². The highest BCUT2D eigenvalue weighted by Crippen LogP contribution is 2.35. The molecule has 2 unspecified atom stereocenters. The molecule has 1 rings (SSSR count). The van der Waals surface area contributed by atoms with Crippen molar-refractivity contribution in [2.45, 2.75) is 78.4 Å². The highest BCUT2D eigenvalue weighted by molar-refractivity contribution is 5.81. The number of nitrogens with one attached hydrogen (secondary N) is 2. The van der Waals surface area contributed by atoms with Gasteiger partial charge in [-0.15, -0.1) is 0 Å². The van der Waals surface area contributed by atoms with E-state index < -0.39 is 0 Å². The second-order valence-electron chi connectivity index (χ2n) is 6.51. The van der Waals surface area contributed by atoms with E-state index in [1.807, 2.05) is 20.8 Å². The summed E-state index contributed by atoms with van der Waals surface area (Å²) in [6.45, 7) is 10.6. The Morgan fingerprint density at radius 1 is 1.29 bits per heavy atom. The van der Waals surface area contributed by atoms with Crippen LogP contribution in [-0.2, 0) is 4.79 Å². The SMILES string of the molecule is CC(C)NC(=O)C(C)NC1CCCC(C)(C)C1. The van der Waals surface area contributed by atoms with Crippen molar-refractivity contribution >= 4 is 5.91 Å². The van der Waals surface area contributed by atoms with Crippen LogP contribution in [0.3, 0.4) is 0 Å². The van der Waals surface area contributed by atoms with Gasteiger partial charge in [0.05, 0.1) is 6.04 Å². The summed E-state index contributed by atoms with van der Waals surface area (Å²) in [5, 5.41) is 6.42. The van der Waals surface area contributed by atoms with Gasteiger partial charge in [0.2, 0.25) is 5.91 Å². The van der Waals surface area contributed by atoms with Crippen LogP contribution in [0.1, 0.15) is 60.3 Å². The molecule has 0 aliphatic heterocycles. The molecule has 17 heavy (non-hydrogen) atoms. The zero-order chi connectivity index (χ0) is 13.1. The number of carbonyl (C=O) groups is 1. The first-order chi connectivity index (χ1) is 7.80. The van der Waals surface area contributed by atoms with Crippen molar-refractivity contribution in [3.63, 3.8) is 0 Å².